The molecule has 0 aromatic carbocycles. The van der Waals surface area contributed by atoms with Crippen molar-refractivity contribution < 1.29 is 9.53 Å². The number of ether oxygens (including phenoxy) is 1. The molecule has 0 spiro atoms. The molecule has 25 heavy (non-hydrogen) atoms. The standard InChI is InChI=1S/C19H26N4O2/c1-19(2,3)15-13-17(23(22-15)16-8-4-5-11-20-16)21-18(24)10-9-14-7-6-12-25-14/h4-5,8,11,13-14H,6-7,9-10,12H2,1-3H3,(H,21,24)/t14-/m0/s1. The molecule has 6 heteroatoms. The summed E-state index contributed by atoms with van der Waals surface area (Å²) in [6.45, 7) is 7.11. The van der Waals surface area contributed by atoms with E-state index >= 15 is 0 Å². The number of hydrogen-bond donors (Lipinski definition) is 1. The summed E-state index contributed by atoms with van der Waals surface area (Å²) in [6, 6.07) is 7.57. The number of nitrogens with one attached hydrogen (secondary N) is 1. The molecule has 2 aromatic heterocycles. The quantitative estimate of drug-likeness (QED) is 0.903. The summed E-state index contributed by atoms with van der Waals surface area (Å²) < 4.78 is 7.29. The number of nitrogens with zero attached hydrogens (tertiary/aromatic N) is 3. The number of aromatic nitrogens is 3. The molecule has 1 aliphatic rings. The zero-order valence-electron chi connectivity index (χ0n) is 15.2. The molecule has 6 nitrogen and oxygen atoms in total. The molecule has 0 aliphatic carbocycles. The van der Waals surface area contributed by atoms with Crippen LogP contribution in [0.2, 0.25) is 0 Å². The van der Waals surface area contributed by atoms with Crippen molar-refractivity contribution in [2.75, 3.05) is 11.9 Å². The fourth-order valence-corrected chi connectivity index (χ4v) is 2.86. The van der Waals surface area contributed by atoms with Crippen molar-refractivity contribution in [3.05, 3.63) is 36.2 Å². The van der Waals surface area contributed by atoms with Crippen LogP contribution in [0.3, 0.4) is 0 Å². The summed E-state index contributed by atoms with van der Waals surface area (Å²) in [5.74, 6) is 1.32. The molecule has 0 unspecified atom stereocenters. The lowest BCUT2D eigenvalue weighted by Gasteiger charge is -2.13. The molecule has 1 atom stereocenters. The lowest BCUT2D eigenvalue weighted by Crippen LogP contribution is -2.17. The van der Waals surface area contributed by atoms with Gasteiger partial charge in [-0.3, -0.25) is 4.79 Å². The Morgan fingerprint density at radius 3 is 2.88 bits per heavy atom. The lowest BCUT2D eigenvalue weighted by atomic mass is 9.92. The van der Waals surface area contributed by atoms with Gasteiger partial charge in [-0.1, -0.05) is 26.8 Å². The fraction of sp³-hybridized carbons (Fsp3) is 0.526. The van der Waals surface area contributed by atoms with E-state index in [4.69, 9.17) is 4.74 Å². The van der Waals surface area contributed by atoms with Crippen LogP contribution in [0.25, 0.3) is 5.82 Å². The third-order valence-electron chi connectivity index (χ3n) is 4.33. The van der Waals surface area contributed by atoms with Gasteiger partial charge in [0.15, 0.2) is 5.82 Å². The third kappa shape index (κ3) is 4.45. The molecular formula is C19H26N4O2. The highest BCUT2D eigenvalue weighted by Gasteiger charge is 2.22. The van der Waals surface area contributed by atoms with Crippen molar-refractivity contribution >= 4 is 11.7 Å². The topological polar surface area (TPSA) is 69.0 Å². The van der Waals surface area contributed by atoms with Crippen molar-refractivity contribution in [2.45, 2.75) is 58.0 Å². The van der Waals surface area contributed by atoms with Gasteiger partial charge in [-0.05, 0) is 31.4 Å². The van der Waals surface area contributed by atoms with Crippen molar-refractivity contribution in [3.8, 4) is 5.82 Å². The van der Waals surface area contributed by atoms with Crippen LogP contribution in [-0.4, -0.2) is 33.4 Å². The van der Waals surface area contributed by atoms with Crippen LogP contribution in [0, 0.1) is 0 Å². The van der Waals surface area contributed by atoms with Crippen molar-refractivity contribution in [1.82, 2.24) is 14.8 Å². The van der Waals surface area contributed by atoms with E-state index in [9.17, 15) is 4.79 Å². The van der Waals surface area contributed by atoms with Gasteiger partial charge in [-0.2, -0.15) is 9.78 Å². The number of carbonyl (C=O) groups is 1. The van der Waals surface area contributed by atoms with Crippen LogP contribution in [0.1, 0.15) is 52.1 Å². The van der Waals surface area contributed by atoms with Gasteiger partial charge >= 0.3 is 0 Å². The molecule has 0 saturated carbocycles. The maximum Gasteiger partial charge on any atom is 0.225 e. The van der Waals surface area contributed by atoms with Crippen LogP contribution in [0.5, 0.6) is 0 Å². The average Bonchev–Trinajstić information content (AvgIpc) is 3.23. The van der Waals surface area contributed by atoms with Gasteiger partial charge < -0.3 is 10.1 Å². The van der Waals surface area contributed by atoms with Crippen molar-refractivity contribution in [2.24, 2.45) is 0 Å². The van der Waals surface area contributed by atoms with Gasteiger partial charge in [0.05, 0.1) is 11.8 Å². The SMILES string of the molecule is CC(C)(C)c1cc(NC(=O)CC[C@@H]2CCCO2)n(-c2ccccn2)n1. The van der Waals surface area contributed by atoms with Crippen LogP contribution in [-0.2, 0) is 14.9 Å². The van der Waals surface area contributed by atoms with Crippen LogP contribution in [0.4, 0.5) is 5.82 Å². The number of amides is 1. The van der Waals surface area contributed by atoms with E-state index < -0.39 is 0 Å². The highest BCUT2D eigenvalue weighted by molar-refractivity contribution is 5.90. The second-order valence-electron chi connectivity index (χ2n) is 7.49. The Balaban J connectivity index is 1.76. The monoisotopic (exact) mass is 342 g/mol. The van der Waals surface area contributed by atoms with Crippen LogP contribution >= 0.6 is 0 Å². The summed E-state index contributed by atoms with van der Waals surface area (Å²) in [5, 5.41) is 7.65. The second-order valence-corrected chi connectivity index (χ2v) is 7.49. The first-order valence-electron chi connectivity index (χ1n) is 8.87. The molecule has 1 saturated heterocycles. The molecule has 2 aromatic rings. The Bertz CT molecular complexity index is 713. The Labute approximate surface area is 148 Å². The summed E-state index contributed by atoms with van der Waals surface area (Å²) in [5.41, 5.74) is 0.796. The summed E-state index contributed by atoms with van der Waals surface area (Å²) >= 11 is 0. The third-order valence-corrected chi connectivity index (χ3v) is 4.33. The molecule has 1 amide bonds. The Kier molecular flexibility index (Phi) is 5.18. The van der Waals surface area contributed by atoms with E-state index in [0.29, 0.717) is 18.1 Å². The minimum Gasteiger partial charge on any atom is -0.378 e. The summed E-state index contributed by atoms with van der Waals surface area (Å²) in [6.07, 6.45) is 5.28. The van der Waals surface area contributed by atoms with Crippen LogP contribution < -0.4 is 5.32 Å². The number of hydrogen-bond acceptors (Lipinski definition) is 4. The number of pyridine rings is 1. The molecule has 1 aliphatic heterocycles. The number of rotatable bonds is 5. The second kappa shape index (κ2) is 7.35. The molecule has 1 N–H and O–H groups in total. The van der Waals surface area contributed by atoms with E-state index in [1.54, 1.807) is 10.9 Å². The molecule has 0 radical (unpaired) electrons. The minimum atomic E-state index is -0.114. The first-order valence-corrected chi connectivity index (χ1v) is 8.87. The molecular weight excluding hydrogens is 316 g/mol. The van der Waals surface area contributed by atoms with Gasteiger partial charge in [-0.25, -0.2) is 4.98 Å². The predicted molar refractivity (Wildman–Crippen MR) is 96.9 cm³/mol. The summed E-state index contributed by atoms with van der Waals surface area (Å²) in [7, 11) is 0. The van der Waals surface area contributed by atoms with E-state index in [0.717, 1.165) is 31.6 Å². The highest BCUT2D eigenvalue weighted by Crippen LogP contribution is 2.26. The van der Waals surface area contributed by atoms with Gasteiger partial charge in [0.25, 0.3) is 0 Å². The molecule has 3 rings (SSSR count). The zero-order valence-corrected chi connectivity index (χ0v) is 15.2. The first-order chi connectivity index (χ1) is 11.9. The zero-order chi connectivity index (χ0) is 17.9. The largest absolute Gasteiger partial charge is 0.378 e. The fourth-order valence-electron chi connectivity index (χ4n) is 2.86. The van der Waals surface area contributed by atoms with Gasteiger partial charge in [0, 0.05) is 30.7 Å². The van der Waals surface area contributed by atoms with E-state index in [1.165, 1.54) is 0 Å². The molecule has 0 bridgehead atoms. The number of anilines is 1. The van der Waals surface area contributed by atoms with Gasteiger partial charge in [0.2, 0.25) is 5.91 Å². The van der Waals surface area contributed by atoms with E-state index in [-0.39, 0.29) is 17.4 Å². The normalized spacial score (nSPS) is 17.6. The Hall–Kier alpha value is -2.21. The summed E-state index contributed by atoms with van der Waals surface area (Å²) in [4.78, 5) is 16.7. The smallest absolute Gasteiger partial charge is 0.225 e. The predicted octanol–water partition coefficient (Wildman–Crippen LogP) is 3.46. The first kappa shape index (κ1) is 17.6. The Morgan fingerprint density at radius 1 is 1.40 bits per heavy atom. The lowest BCUT2D eigenvalue weighted by molar-refractivity contribution is -0.116. The van der Waals surface area contributed by atoms with Crippen LogP contribution in [0.15, 0.2) is 30.5 Å². The molecule has 134 valence electrons. The molecule has 1 fully saturated rings. The highest BCUT2D eigenvalue weighted by atomic mass is 16.5. The van der Waals surface area contributed by atoms with Gasteiger partial charge in [0.1, 0.15) is 5.82 Å². The maximum atomic E-state index is 12.4. The average molecular weight is 342 g/mol. The Morgan fingerprint density at radius 2 is 2.24 bits per heavy atom. The minimum absolute atomic E-state index is 0.0203. The molecule has 3 heterocycles. The van der Waals surface area contributed by atoms with Crippen molar-refractivity contribution in [3.63, 3.8) is 0 Å². The van der Waals surface area contributed by atoms with Crippen molar-refractivity contribution in [1.29, 1.82) is 0 Å². The van der Waals surface area contributed by atoms with E-state index in [1.807, 2.05) is 24.3 Å². The van der Waals surface area contributed by atoms with Gasteiger partial charge in [-0.15, -0.1) is 0 Å². The maximum absolute atomic E-state index is 12.4. The van der Waals surface area contributed by atoms with E-state index in [2.05, 4.69) is 36.2 Å². The number of carbonyl (C=O) groups excluding carboxylic acids is 1.